The van der Waals surface area contributed by atoms with E-state index in [4.69, 9.17) is 0 Å². The molecule has 0 aromatic heterocycles. The first-order chi connectivity index (χ1) is 10.3. The van der Waals surface area contributed by atoms with Crippen LogP contribution in [0.4, 0.5) is 0 Å². The van der Waals surface area contributed by atoms with Crippen molar-refractivity contribution in [2.75, 3.05) is 0 Å². The van der Waals surface area contributed by atoms with Gasteiger partial charge in [0.05, 0.1) is 0 Å². The maximum Gasteiger partial charge on any atom is 0.132 e. The smallest absolute Gasteiger partial charge is 0.132 e. The number of hydrogen-bond donors (Lipinski definition) is 0. The lowest BCUT2D eigenvalue weighted by atomic mass is 9.86. The van der Waals surface area contributed by atoms with Gasteiger partial charge in [-0.15, -0.1) is 0 Å². The van der Waals surface area contributed by atoms with E-state index in [0.29, 0.717) is 18.6 Å². The van der Waals surface area contributed by atoms with Crippen molar-refractivity contribution >= 4 is 11.4 Å². The van der Waals surface area contributed by atoms with Gasteiger partial charge in [-0.1, -0.05) is 76.6 Å². The third-order valence-corrected chi connectivity index (χ3v) is 3.96. The fraction of sp³-hybridized carbons (Fsp3) is 0.476. The van der Waals surface area contributed by atoms with Crippen molar-refractivity contribution in [1.29, 1.82) is 0 Å². The van der Waals surface area contributed by atoms with Crippen LogP contribution in [0.3, 0.4) is 0 Å². The average Bonchev–Trinajstić information content (AvgIpc) is 2.93. The molecule has 0 spiro atoms. The van der Waals surface area contributed by atoms with Gasteiger partial charge in [0, 0.05) is 12.8 Å². The molecule has 0 radical (unpaired) electrons. The van der Waals surface area contributed by atoms with E-state index in [1.54, 1.807) is 0 Å². The van der Waals surface area contributed by atoms with Crippen LogP contribution in [-0.2, 0) is 10.2 Å². The molecule has 1 aromatic rings. The second-order valence-electron chi connectivity index (χ2n) is 6.89. The molecule has 0 heterocycles. The van der Waals surface area contributed by atoms with Gasteiger partial charge in [-0.05, 0) is 35.5 Å². The number of benzene rings is 1. The molecule has 120 valence electrons. The number of hydrogen-bond acceptors (Lipinski definition) is 1. The largest absolute Gasteiger partial charge is 0.300 e. The summed E-state index contributed by atoms with van der Waals surface area (Å²) in [6.07, 6.45) is 7.03. The van der Waals surface area contributed by atoms with Gasteiger partial charge in [0.15, 0.2) is 0 Å². The Bertz CT molecular complexity index is 545. The Morgan fingerprint density at radius 3 is 1.91 bits per heavy atom. The van der Waals surface area contributed by atoms with Crippen molar-refractivity contribution < 1.29 is 4.79 Å². The van der Waals surface area contributed by atoms with Crippen LogP contribution in [0.25, 0.3) is 5.57 Å². The highest BCUT2D eigenvalue weighted by molar-refractivity contribution is 5.77. The van der Waals surface area contributed by atoms with Gasteiger partial charge in [0.1, 0.15) is 5.78 Å². The first-order valence-corrected chi connectivity index (χ1v) is 8.27. The van der Waals surface area contributed by atoms with Gasteiger partial charge in [-0.2, -0.15) is 0 Å². The Balaban J connectivity index is 0.000000346. The molecule has 0 bridgehead atoms. The number of allylic oxidation sites excluding steroid dienone is 4. The summed E-state index contributed by atoms with van der Waals surface area (Å²) in [4.78, 5) is 10.2. The summed E-state index contributed by atoms with van der Waals surface area (Å²) in [6, 6.07) is 9.01. The van der Waals surface area contributed by atoms with Crippen LogP contribution in [0.5, 0.6) is 0 Å². The maximum absolute atomic E-state index is 10.2. The van der Waals surface area contributed by atoms with E-state index in [-0.39, 0.29) is 5.41 Å². The summed E-state index contributed by atoms with van der Waals surface area (Å²) in [5, 5.41) is 0. The summed E-state index contributed by atoms with van der Waals surface area (Å²) in [6.45, 7) is 12.7. The quantitative estimate of drug-likeness (QED) is 0.659. The summed E-state index contributed by atoms with van der Waals surface area (Å²) >= 11 is 0. The number of ketones is 1. The highest BCUT2D eigenvalue weighted by Gasteiger charge is 2.13. The third-order valence-electron chi connectivity index (χ3n) is 3.96. The van der Waals surface area contributed by atoms with Gasteiger partial charge in [0.2, 0.25) is 0 Å². The first kappa shape index (κ1) is 18.4. The highest BCUT2D eigenvalue weighted by Crippen LogP contribution is 2.29. The normalized spacial score (nSPS) is 13.9. The van der Waals surface area contributed by atoms with E-state index in [9.17, 15) is 4.79 Å². The second-order valence-corrected chi connectivity index (χ2v) is 6.89. The zero-order valence-electron chi connectivity index (χ0n) is 15.0. The molecule has 1 aliphatic carbocycles. The van der Waals surface area contributed by atoms with Crippen LogP contribution >= 0.6 is 0 Å². The van der Waals surface area contributed by atoms with Crippen LogP contribution in [0.15, 0.2) is 42.0 Å². The number of carbonyl (C=O) groups is 1. The van der Waals surface area contributed by atoms with Crippen molar-refractivity contribution in [3.8, 4) is 0 Å². The minimum Gasteiger partial charge on any atom is -0.300 e. The number of Topliss-reactive ketones (excluding diaryl/α,β-unsaturated/α-hetero) is 1. The maximum atomic E-state index is 10.2. The number of carbonyl (C=O) groups excluding carboxylic acids is 1. The van der Waals surface area contributed by atoms with Crippen LogP contribution in [0.1, 0.15) is 71.9 Å². The molecule has 1 heteroatoms. The first-order valence-electron chi connectivity index (χ1n) is 8.27. The van der Waals surface area contributed by atoms with E-state index >= 15 is 0 Å². The van der Waals surface area contributed by atoms with E-state index < -0.39 is 0 Å². The van der Waals surface area contributed by atoms with Crippen molar-refractivity contribution in [3.63, 3.8) is 0 Å². The zero-order valence-corrected chi connectivity index (χ0v) is 15.0. The summed E-state index contributed by atoms with van der Waals surface area (Å²) < 4.78 is 0. The van der Waals surface area contributed by atoms with E-state index in [1.165, 1.54) is 22.3 Å². The molecule has 1 aromatic carbocycles. The minimum absolute atomic E-state index is 0.247. The fourth-order valence-corrected chi connectivity index (χ4v) is 2.30. The van der Waals surface area contributed by atoms with Gasteiger partial charge in [0.25, 0.3) is 0 Å². The molecule has 0 fully saturated rings. The summed E-state index contributed by atoms with van der Waals surface area (Å²) in [5.74, 6) is 0.343. The van der Waals surface area contributed by atoms with E-state index in [0.717, 1.165) is 6.42 Å². The molecule has 0 N–H and O–H groups in total. The van der Waals surface area contributed by atoms with Crippen LogP contribution < -0.4 is 0 Å². The van der Waals surface area contributed by atoms with Gasteiger partial charge in [-0.25, -0.2) is 0 Å². The zero-order chi connectivity index (χ0) is 16.8. The Morgan fingerprint density at radius 2 is 1.59 bits per heavy atom. The molecule has 2 rings (SSSR count). The number of rotatable bonds is 3. The van der Waals surface area contributed by atoms with Crippen LogP contribution in [0.2, 0.25) is 0 Å². The molecule has 0 atom stereocenters. The molecule has 1 nitrogen and oxygen atoms in total. The van der Waals surface area contributed by atoms with Gasteiger partial charge in [-0.3, -0.25) is 4.79 Å². The van der Waals surface area contributed by atoms with Crippen LogP contribution in [0, 0.1) is 0 Å². The lowest BCUT2D eigenvalue weighted by molar-refractivity contribution is -0.118. The molecule has 0 saturated heterocycles. The fourth-order valence-electron chi connectivity index (χ4n) is 2.30. The SMILES string of the molecule is CC1=CCC(c2ccc(C(C)(C)C)cc2)=C1.CCC(=O)CC. The Kier molecular flexibility index (Phi) is 6.80. The van der Waals surface area contributed by atoms with E-state index in [2.05, 4.69) is 64.1 Å². The Labute approximate surface area is 136 Å². The van der Waals surface area contributed by atoms with Crippen molar-refractivity contribution in [2.45, 2.75) is 66.2 Å². The predicted molar refractivity (Wildman–Crippen MR) is 97.1 cm³/mol. The monoisotopic (exact) mass is 298 g/mol. The van der Waals surface area contributed by atoms with E-state index in [1.807, 2.05) is 13.8 Å². The topological polar surface area (TPSA) is 17.1 Å². The Morgan fingerprint density at radius 1 is 1.05 bits per heavy atom. The third kappa shape index (κ3) is 5.63. The molecule has 0 aliphatic heterocycles. The van der Waals surface area contributed by atoms with Crippen molar-refractivity contribution in [1.82, 2.24) is 0 Å². The van der Waals surface area contributed by atoms with Crippen LogP contribution in [-0.4, -0.2) is 5.78 Å². The molecule has 0 amide bonds. The molecular weight excluding hydrogens is 268 g/mol. The molecule has 1 aliphatic rings. The molecule has 0 unspecified atom stereocenters. The lowest BCUT2D eigenvalue weighted by Gasteiger charge is -2.19. The van der Waals surface area contributed by atoms with Gasteiger partial charge < -0.3 is 0 Å². The minimum atomic E-state index is 0.247. The average molecular weight is 298 g/mol. The molecule has 22 heavy (non-hydrogen) atoms. The second kappa shape index (κ2) is 8.12. The summed E-state index contributed by atoms with van der Waals surface area (Å²) in [5.41, 5.74) is 5.84. The lowest BCUT2D eigenvalue weighted by Crippen LogP contribution is -2.10. The molecular formula is C21H30O. The standard InChI is InChI=1S/C16H20.C5H10O/c1-12-5-6-14(11-12)13-7-9-15(10-8-13)16(2,3)4;1-3-5(6)4-2/h5,7-11H,6H2,1-4H3;3-4H2,1-2H3. The Hall–Kier alpha value is -1.63. The molecule has 0 saturated carbocycles. The summed E-state index contributed by atoms with van der Waals surface area (Å²) in [7, 11) is 0. The highest BCUT2D eigenvalue weighted by atomic mass is 16.1. The van der Waals surface area contributed by atoms with Gasteiger partial charge >= 0.3 is 0 Å². The van der Waals surface area contributed by atoms with Crippen molar-refractivity contribution in [3.05, 3.63) is 53.1 Å². The predicted octanol–water partition coefficient (Wildman–Crippen LogP) is 6.09. The van der Waals surface area contributed by atoms with Crippen molar-refractivity contribution in [2.24, 2.45) is 0 Å².